The summed E-state index contributed by atoms with van der Waals surface area (Å²) in [6.45, 7) is 0. The average molecular weight is 390 g/mol. The highest BCUT2D eigenvalue weighted by molar-refractivity contribution is 6.05. The molecule has 0 aromatic heterocycles. The van der Waals surface area contributed by atoms with Gasteiger partial charge in [0, 0.05) is 0 Å². The van der Waals surface area contributed by atoms with Gasteiger partial charge in [0.1, 0.15) is 29.1 Å². The number of methoxy groups -OCH3 is 3. The van der Waals surface area contributed by atoms with Crippen LogP contribution in [-0.2, 0) is 0 Å². The van der Waals surface area contributed by atoms with Crippen molar-refractivity contribution in [1.82, 2.24) is 0 Å². The van der Waals surface area contributed by atoms with Crippen molar-refractivity contribution >= 4 is 5.78 Å². The van der Waals surface area contributed by atoms with Crippen LogP contribution >= 0.6 is 0 Å². The van der Waals surface area contributed by atoms with E-state index in [4.69, 9.17) is 18.9 Å². The second kappa shape index (κ2) is 7.87. The van der Waals surface area contributed by atoms with Crippen molar-refractivity contribution in [2.45, 2.75) is 12.0 Å². The number of carbonyl (C=O) groups is 1. The molecule has 2 atom stereocenters. The molecule has 0 fully saturated rings. The molecule has 1 aliphatic heterocycles. The van der Waals surface area contributed by atoms with Gasteiger partial charge < -0.3 is 18.9 Å². The highest BCUT2D eigenvalue weighted by atomic mass is 16.5. The van der Waals surface area contributed by atoms with E-state index in [0.29, 0.717) is 22.8 Å². The molecule has 5 heteroatoms. The lowest BCUT2D eigenvalue weighted by atomic mass is 9.81. The summed E-state index contributed by atoms with van der Waals surface area (Å²) in [7, 11) is 4.81. The Labute approximate surface area is 169 Å². The van der Waals surface area contributed by atoms with Crippen LogP contribution in [0.3, 0.4) is 0 Å². The second-order valence-electron chi connectivity index (χ2n) is 6.79. The Balaban J connectivity index is 1.84. The van der Waals surface area contributed by atoms with E-state index in [1.165, 1.54) is 0 Å². The van der Waals surface area contributed by atoms with Gasteiger partial charge in [-0.15, -0.1) is 0 Å². The van der Waals surface area contributed by atoms with Crippen LogP contribution in [0.15, 0.2) is 66.7 Å². The standard InChI is InChI=1S/C24H22O5/c1-26-17-9-7-15(8-10-17)24-22(16-5-4-6-18(13-16)27-2)23(25)20-14-19(28-3)11-12-21(20)29-24/h4-14,22,24H,1-3H3. The molecule has 0 saturated carbocycles. The molecule has 4 rings (SSSR count). The van der Waals surface area contributed by atoms with Gasteiger partial charge in [-0.05, 0) is 53.6 Å². The summed E-state index contributed by atoms with van der Waals surface area (Å²) in [5, 5.41) is 0. The van der Waals surface area contributed by atoms with Crippen LogP contribution < -0.4 is 18.9 Å². The van der Waals surface area contributed by atoms with Gasteiger partial charge >= 0.3 is 0 Å². The van der Waals surface area contributed by atoms with Crippen molar-refractivity contribution in [1.29, 1.82) is 0 Å². The third-order valence-electron chi connectivity index (χ3n) is 5.19. The van der Waals surface area contributed by atoms with E-state index in [1.54, 1.807) is 39.5 Å². The molecule has 0 amide bonds. The molecule has 1 aliphatic rings. The number of carbonyl (C=O) groups excluding carboxylic acids is 1. The number of Topliss-reactive ketones (excluding diaryl/α,β-unsaturated/α-hetero) is 1. The molecule has 2 unspecified atom stereocenters. The maximum atomic E-state index is 13.6. The lowest BCUT2D eigenvalue weighted by Crippen LogP contribution is -2.30. The Morgan fingerprint density at radius 1 is 0.724 bits per heavy atom. The third kappa shape index (κ3) is 3.51. The predicted octanol–water partition coefficient (Wildman–Crippen LogP) is 4.81. The van der Waals surface area contributed by atoms with Crippen molar-refractivity contribution in [3.8, 4) is 23.0 Å². The zero-order chi connectivity index (χ0) is 20.4. The highest BCUT2D eigenvalue weighted by Gasteiger charge is 2.39. The van der Waals surface area contributed by atoms with Crippen LogP contribution in [-0.4, -0.2) is 27.1 Å². The number of benzene rings is 3. The summed E-state index contributed by atoms with van der Waals surface area (Å²) >= 11 is 0. The molecule has 0 saturated heterocycles. The first-order valence-corrected chi connectivity index (χ1v) is 9.31. The van der Waals surface area contributed by atoms with Gasteiger partial charge in [-0.3, -0.25) is 4.79 Å². The first-order chi connectivity index (χ1) is 14.1. The maximum absolute atomic E-state index is 13.6. The summed E-state index contributed by atoms with van der Waals surface area (Å²) in [4.78, 5) is 13.6. The average Bonchev–Trinajstić information content (AvgIpc) is 2.78. The molecule has 0 spiro atoms. The Bertz CT molecular complexity index is 1030. The van der Waals surface area contributed by atoms with E-state index in [-0.39, 0.29) is 5.78 Å². The summed E-state index contributed by atoms with van der Waals surface area (Å²) < 4.78 is 22.3. The summed E-state index contributed by atoms with van der Waals surface area (Å²) in [6.07, 6.45) is -0.471. The maximum Gasteiger partial charge on any atom is 0.178 e. The largest absolute Gasteiger partial charge is 0.497 e. The Hall–Kier alpha value is -3.47. The molecular weight excluding hydrogens is 368 g/mol. The number of fused-ring (bicyclic) bond motifs is 1. The van der Waals surface area contributed by atoms with Crippen molar-refractivity contribution < 1.29 is 23.7 Å². The van der Waals surface area contributed by atoms with Crippen molar-refractivity contribution in [3.63, 3.8) is 0 Å². The Morgan fingerprint density at radius 2 is 1.38 bits per heavy atom. The van der Waals surface area contributed by atoms with Gasteiger partial charge in [-0.1, -0.05) is 24.3 Å². The lowest BCUT2D eigenvalue weighted by molar-refractivity contribution is 0.0780. The van der Waals surface area contributed by atoms with E-state index in [0.717, 1.165) is 16.9 Å². The molecular formula is C24H22O5. The summed E-state index contributed by atoms with van der Waals surface area (Å²) in [5.74, 6) is 2.08. The first-order valence-electron chi connectivity index (χ1n) is 9.31. The Morgan fingerprint density at radius 3 is 2.07 bits per heavy atom. The van der Waals surface area contributed by atoms with Crippen LogP contribution in [0.1, 0.15) is 33.5 Å². The number of ketones is 1. The fourth-order valence-corrected chi connectivity index (χ4v) is 3.66. The molecule has 148 valence electrons. The van der Waals surface area contributed by atoms with Gasteiger partial charge in [0.25, 0.3) is 0 Å². The van der Waals surface area contributed by atoms with E-state index in [1.807, 2.05) is 48.5 Å². The van der Waals surface area contributed by atoms with E-state index < -0.39 is 12.0 Å². The lowest BCUT2D eigenvalue weighted by Gasteiger charge is -2.33. The predicted molar refractivity (Wildman–Crippen MR) is 109 cm³/mol. The molecule has 3 aromatic rings. The third-order valence-corrected chi connectivity index (χ3v) is 5.19. The van der Waals surface area contributed by atoms with Crippen LogP contribution in [0.2, 0.25) is 0 Å². The zero-order valence-corrected chi connectivity index (χ0v) is 16.5. The molecule has 29 heavy (non-hydrogen) atoms. The molecule has 1 heterocycles. The van der Waals surface area contributed by atoms with Gasteiger partial charge in [0.2, 0.25) is 0 Å². The van der Waals surface area contributed by atoms with E-state index in [9.17, 15) is 4.79 Å². The number of hydrogen-bond acceptors (Lipinski definition) is 5. The molecule has 0 bridgehead atoms. The fourth-order valence-electron chi connectivity index (χ4n) is 3.66. The van der Waals surface area contributed by atoms with E-state index in [2.05, 4.69) is 0 Å². The minimum atomic E-state index is -0.516. The SMILES string of the molecule is COc1ccc(C2Oc3ccc(OC)cc3C(=O)C2c2cccc(OC)c2)cc1. The minimum absolute atomic E-state index is 0.0146. The topological polar surface area (TPSA) is 54.0 Å². The summed E-state index contributed by atoms with van der Waals surface area (Å²) in [6, 6.07) is 20.5. The number of ether oxygens (including phenoxy) is 4. The van der Waals surface area contributed by atoms with Crippen LogP contribution in [0, 0.1) is 0 Å². The smallest absolute Gasteiger partial charge is 0.178 e. The Kier molecular flexibility index (Phi) is 5.12. The monoisotopic (exact) mass is 390 g/mol. The van der Waals surface area contributed by atoms with Crippen molar-refractivity contribution in [3.05, 3.63) is 83.4 Å². The van der Waals surface area contributed by atoms with Gasteiger partial charge in [0.15, 0.2) is 5.78 Å². The molecule has 0 radical (unpaired) electrons. The summed E-state index contributed by atoms with van der Waals surface area (Å²) in [5.41, 5.74) is 2.25. The van der Waals surface area contributed by atoms with Crippen LogP contribution in [0.5, 0.6) is 23.0 Å². The minimum Gasteiger partial charge on any atom is -0.497 e. The molecule has 5 nitrogen and oxygen atoms in total. The van der Waals surface area contributed by atoms with Gasteiger partial charge in [-0.25, -0.2) is 0 Å². The fraction of sp³-hybridized carbons (Fsp3) is 0.208. The van der Waals surface area contributed by atoms with Crippen molar-refractivity contribution in [2.24, 2.45) is 0 Å². The second-order valence-corrected chi connectivity index (χ2v) is 6.79. The quantitative estimate of drug-likeness (QED) is 0.626. The zero-order valence-electron chi connectivity index (χ0n) is 16.5. The molecule has 0 N–H and O–H groups in total. The molecule has 3 aromatic carbocycles. The van der Waals surface area contributed by atoms with E-state index >= 15 is 0 Å². The first kappa shape index (κ1) is 18.9. The van der Waals surface area contributed by atoms with Gasteiger partial charge in [0.05, 0.1) is 32.8 Å². The van der Waals surface area contributed by atoms with Crippen LogP contribution in [0.25, 0.3) is 0 Å². The molecule has 0 aliphatic carbocycles. The van der Waals surface area contributed by atoms with Crippen LogP contribution in [0.4, 0.5) is 0 Å². The van der Waals surface area contributed by atoms with Crippen molar-refractivity contribution in [2.75, 3.05) is 21.3 Å². The normalized spacial score (nSPS) is 17.8. The number of rotatable bonds is 5. The van der Waals surface area contributed by atoms with Gasteiger partial charge in [-0.2, -0.15) is 0 Å². The highest BCUT2D eigenvalue weighted by Crippen LogP contribution is 2.45. The number of hydrogen-bond donors (Lipinski definition) is 0.